The fourth-order valence-corrected chi connectivity index (χ4v) is 9.79. The molecule has 0 aliphatic carbocycles. The first kappa shape index (κ1) is 40.2. The zero-order valence-electron chi connectivity index (χ0n) is 35.1. The highest BCUT2D eigenvalue weighted by Crippen LogP contribution is 2.53. The van der Waals surface area contributed by atoms with Crippen molar-refractivity contribution in [1.82, 2.24) is 35.1 Å². The van der Waals surface area contributed by atoms with Gasteiger partial charge >= 0.3 is 12.2 Å². The quantitative estimate of drug-likeness (QED) is 0.114. The first-order valence-corrected chi connectivity index (χ1v) is 20.6. The first-order valence-electron chi connectivity index (χ1n) is 20.6. The number of aromatic amines is 2. The van der Waals surface area contributed by atoms with Gasteiger partial charge in [0.2, 0.25) is 5.91 Å². The number of methoxy groups -OCH3 is 2. The molecular weight excluding hydrogens is 751 g/mol. The van der Waals surface area contributed by atoms with Gasteiger partial charge in [-0.2, -0.15) is 0 Å². The fourth-order valence-electron chi connectivity index (χ4n) is 9.79. The third kappa shape index (κ3) is 6.84. The average molecular weight is 806 g/mol. The lowest BCUT2D eigenvalue weighted by molar-refractivity contribution is -0.135. The number of hydrogen-bond donors (Lipinski definition) is 4. The number of amides is 3. The number of carbonyl (C=O) groups is 3. The molecule has 0 bridgehead atoms. The van der Waals surface area contributed by atoms with Crippen LogP contribution < -0.4 is 10.1 Å². The molecule has 8 rings (SSSR count). The van der Waals surface area contributed by atoms with Crippen LogP contribution in [-0.4, -0.2) is 92.9 Å². The smallest absolute Gasteiger partial charge is 0.408 e. The minimum Gasteiger partial charge on any atom is -0.488 e. The molecule has 14 heteroatoms. The Balaban J connectivity index is 1.09. The van der Waals surface area contributed by atoms with E-state index in [9.17, 15) is 19.5 Å². The highest BCUT2D eigenvalue weighted by Gasteiger charge is 2.58. The van der Waals surface area contributed by atoms with Gasteiger partial charge < -0.3 is 39.5 Å². The molecule has 312 valence electrons. The Kier molecular flexibility index (Phi) is 10.3. The number of benzene rings is 3. The van der Waals surface area contributed by atoms with Crippen molar-refractivity contribution < 1.29 is 33.7 Å². The van der Waals surface area contributed by atoms with Crippen molar-refractivity contribution >= 4 is 39.9 Å². The Bertz CT molecular complexity index is 2430. The first-order chi connectivity index (χ1) is 28.2. The summed E-state index contributed by atoms with van der Waals surface area (Å²) >= 11 is 0. The van der Waals surface area contributed by atoms with Crippen LogP contribution in [0.2, 0.25) is 0 Å². The minimum atomic E-state index is -0.968. The summed E-state index contributed by atoms with van der Waals surface area (Å²) in [4.78, 5) is 59.3. The number of nitrogens with one attached hydrogen (secondary N) is 3. The molecule has 3 amide bonds. The van der Waals surface area contributed by atoms with Crippen LogP contribution in [0.15, 0.2) is 48.7 Å². The number of H-pyrrole nitrogens is 2. The molecule has 59 heavy (non-hydrogen) atoms. The van der Waals surface area contributed by atoms with Crippen molar-refractivity contribution in [2.45, 2.75) is 85.0 Å². The molecule has 14 nitrogen and oxygen atoms in total. The second-order valence-corrected chi connectivity index (χ2v) is 17.8. The molecule has 5 heterocycles. The molecule has 2 fully saturated rings. The van der Waals surface area contributed by atoms with Crippen molar-refractivity contribution in [3.05, 3.63) is 65.9 Å². The van der Waals surface area contributed by atoms with Crippen LogP contribution in [0.4, 0.5) is 9.59 Å². The molecule has 4 N–H and O–H groups in total. The maximum Gasteiger partial charge on any atom is 0.408 e. The van der Waals surface area contributed by atoms with Crippen molar-refractivity contribution in [1.29, 1.82) is 0 Å². The Morgan fingerprint density at radius 2 is 1.88 bits per heavy atom. The van der Waals surface area contributed by atoms with E-state index in [0.29, 0.717) is 44.4 Å². The van der Waals surface area contributed by atoms with Crippen LogP contribution in [0.3, 0.4) is 0 Å². The van der Waals surface area contributed by atoms with E-state index in [1.807, 2.05) is 31.0 Å². The third-order valence-electron chi connectivity index (χ3n) is 13.1. The molecule has 0 spiro atoms. The van der Waals surface area contributed by atoms with Crippen LogP contribution in [0.5, 0.6) is 5.75 Å². The molecule has 2 aromatic heterocycles. The van der Waals surface area contributed by atoms with Crippen LogP contribution in [0.25, 0.3) is 44.2 Å². The van der Waals surface area contributed by atoms with Crippen LogP contribution in [-0.2, 0) is 26.4 Å². The molecule has 5 aromatic rings. The minimum absolute atomic E-state index is 0.0411. The summed E-state index contributed by atoms with van der Waals surface area (Å²) in [5.41, 5.74) is 5.18. The van der Waals surface area contributed by atoms with E-state index in [4.69, 9.17) is 24.2 Å². The van der Waals surface area contributed by atoms with Gasteiger partial charge in [0.05, 0.1) is 42.7 Å². The summed E-state index contributed by atoms with van der Waals surface area (Å²) in [6, 6.07) is 13.7. The maximum atomic E-state index is 13.9. The summed E-state index contributed by atoms with van der Waals surface area (Å²) in [6.07, 6.45) is 2.31. The highest BCUT2D eigenvalue weighted by atomic mass is 16.5. The second-order valence-electron chi connectivity index (χ2n) is 17.8. The number of carbonyl (C=O) groups excluding carboxylic acids is 2. The lowest BCUT2D eigenvalue weighted by Crippen LogP contribution is -2.53. The average Bonchev–Trinajstić information content (AvgIpc) is 4.03. The standard InChI is InChI=1S/C45H55N7O7/c1-9-25(3)37(50-42(54)58-8)40(53)51-20-24(2)14-35(51)39-46-19-34(47-39)28-10-12-30-29(15-28)23-59-36-17-31-27(16-32(30)36)11-13-33-38(31)49-41(48-33)45(44(4,5)6)18-26(22-57-7)21-52(45)43(55)56/h10-13,15-17,19,24-26,35,37H,9,14,18,20-23H2,1-8H3,(H,46,47)(H,48,49)(H,50,54)(H,55,56)/t24-,25+,26-,35-,37-,45+/m0/s1. The predicted octanol–water partition coefficient (Wildman–Crippen LogP) is 8.23. The number of hydrogen-bond acceptors (Lipinski definition) is 8. The largest absolute Gasteiger partial charge is 0.488 e. The van der Waals surface area contributed by atoms with E-state index in [1.54, 1.807) is 12.0 Å². The summed E-state index contributed by atoms with van der Waals surface area (Å²) in [6.45, 7) is 14.1. The zero-order valence-corrected chi connectivity index (χ0v) is 35.1. The Labute approximate surface area is 344 Å². The molecule has 3 aliphatic rings. The van der Waals surface area contributed by atoms with Crippen molar-refractivity contribution in [2.24, 2.45) is 23.2 Å². The highest BCUT2D eigenvalue weighted by molar-refractivity contribution is 6.07. The molecular formula is C45H55N7O7. The number of aromatic nitrogens is 4. The van der Waals surface area contributed by atoms with E-state index in [-0.39, 0.29) is 29.7 Å². The number of carboxylic acid groups (broad SMARTS) is 1. The summed E-state index contributed by atoms with van der Waals surface area (Å²) in [7, 11) is 2.96. The molecule has 3 aromatic carbocycles. The summed E-state index contributed by atoms with van der Waals surface area (Å²) in [5, 5.41) is 15.2. The molecule has 0 radical (unpaired) electrons. The number of fused-ring (bicyclic) bond motifs is 6. The topological polar surface area (TPSA) is 175 Å². The number of nitrogens with zero attached hydrogens (tertiary/aromatic N) is 4. The van der Waals surface area contributed by atoms with Gasteiger partial charge in [0.1, 0.15) is 35.6 Å². The van der Waals surface area contributed by atoms with Gasteiger partial charge in [-0.05, 0) is 76.4 Å². The second kappa shape index (κ2) is 15.2. The molecule has 6 atom stereocenters. The fraction of sp³-hybridized carbons (Fsp3) is 0.489. The van der Waals surface area contributed by atoms with Crippen molar-refractivity contribution in [3.8, 4) is 28.1 Å². The summed E-state index contributed by atoms with van der Waals surface area (Å²) in [5.74, 6) is 2.21. The molecule has 0 unspecified atom stereocenters. The third-order valence-corrected chi connectivity index (χ3v) is 13.1. The maximum absolute atomic E-state index is 13.9. The van der Waals surface area contributed by atoms with Gasteiger partial charge in [0.25, 0.3) is 0 Å². The van der Waals surface area contributed by atoms with E-state index in [2.05, 4.69) is 79.4 Å². The van der Waals surface area contributed by atoms with Gasteiger partial charge in [-0.1, -0.05) is 66.2 Å². The summed E-state index contributed by atoms with van der Waals surface area (Å²) < 4.78 is 16.8. The van der Waals surface area contributed by atoms with Gasteiger partial charge in [-0.25, -0.2) is 19.6 Å². The SMILES string of the molecule is CC[C@@H](C)[C@H](NC(=O)OC)C(=O)N1C[C@@H](C)C[C@H]1c1ncc(-c2ccc3c(c2)COc2cc4c(ccc5nc([C@@]6(C(C)(C)C)C[C@H](COC)CN6C(=O)O)[nH]c54)cc2-3)[nH]1. The predicted molar refractivity (Wildman–Crippen MR) is 224 cm³/mol. The van der Waals surface area contributed by atoms with Gasteiger partial charge in [0, 0.05) is 37.1 Å². The van der Waals surface area contributed by atoms with Gasteiger partial charge in [0.15, 0.2) is 0 Å². The van der Waals surface area contributed by atoms with Crippen LogP contribution in [0.1, 0.15) is 84.1 Å². The Morgan fingerprint density at radius 1 is 1.08 bits per heavy atom. The van der Waals surface area contributed by atoms with E-state index < -0.39 is 29.2 Å². The Morgan fingerprint density at radius 3 is 2.59 bits per heavy atom. The van der Waals surface area contributed by atoms with Crippen molar-refractivity contribution in [2.75, 3.05) is 33.9 Å². The van der Waals surface area contributed by atoms with Gasteiger partial charge in [-0.15, -0.1) is 0 Å². The Hall–Kier alpha value is -5.63. The lowest BCUT2D eigenvalue weighted by atomic mass is 9.70. The molecule has 3 aliphatic heterocycles. The zero-order chi connectivity index (χ0) is 42.0. The number of ether oxygens (including phenoxy) is 3. The van der Waals surface area contributed by atoms with Gasteiger partial charge in [-0.3, -0.25) is 9.69 Å². The van der Waals surface area contributed by atoms with Crippen molar-refractivity contribution in [3.63, 3.8) is 0 Å². The van der Waals surface area contributed by atoms with E-state index in [0.717, 1.165) is 68.3 Å². The normalized spacial score (nSPS) is 22.5. The van der Waals surface area contributed by atoms with Crippen LogP contribution in [0, 0.1) is 23.2 Å². The number of imidazole rings is 2. The lowest BCUT2D eigenvalue weighted by Gasteiger charge is -2.45. The van der Waals surface area contributed by atoms with E-state index in [1.165, 1.54) is 7.11 Å². The number of likely N-dealkylation sites (tertiary alicyclic amines) is 2. The molecule has 0 saturated carbocycles. The molecule has 2 saturated heterocycles. The monoisotopic (exact) mass is 805 g/mol. The van der Waals surface area contributed by atoms with Crippen LogP contribution >= 0.6 is 0 Å². The number of rotatable bonds is 9. The number of alkyl carbamates (subject to hydrolysis) is 1. The van der Waals surface area contributed by atoms with E-state index >= 15 is 0 Å².